The van der Waals surface area contributed by atoms with Crippen LogP contribution < -0.4 is 11.2 Å². The lowest BCUT2D eigenvalue weighted by Gasteiger charge is -2.16. The summed E-state index contributed by atoms with van der Waals surface area (Å²) in [6.07, 6.45) is 1.65. The summed E-state index contributed by atoms with van der Waals surface area (Å²) in [4.78, 5) is 30.6. The zero-order chi connectivity index (χ0) is 19.8. The maximum atomic E-state index is 13.1. The van der Waals surface area contributed by atoms with Crippen LogP contribution >= 0.6 is 0 Å². The van der Waals surface area contributed by atoms with Crippen LogP contribution in [0.15, 0.2) is 70.5 Å². The number of hydrogen-bond donors (Lipinski definition) is 0. The Balaban J connectivity index is 2.04. The first-order valence-electron chi connectivity index (χ1n) is 9.37. The third-order valence-corrected chi connectivity index (χ3v) is 5.16. The molecule has 4 rings (SSSR count). The molecule has 0 N–H and O–H groups in total. The normalized spacial score (nSPS) is 12.4. The molecule has 1 atom stereocenters. The highest BCUT2D eigenvalue weighted by Crippen LogP contribution is 2.22. The molecule has 142 valence electrons. The van der Waals surface area contributed by atoms with Gasteiger partial charge < -0.3 is 4.57 Å². The van der Waals surface area contributed by atoms with Gasteiger partial charge in [0.05, 0.1) is 18.1 Å². The third-order valence-electron chi connectivity index (χ3n) is 5.16. The minimum atomic E-state index is -0.374. The fourth-order valence-electron chi connectivity index (χ4n) is 3.54. The lowest BCUT2D eigenvalue weighted by atomic mass is 10.1. The topological polar surface area (TPSA) is 61.8 Å². The first-order valence-corrected chi connectivity index (χ1v) is 9.37. The van der Waals surface area contributed by atoms with Crippen molar-refractivity contribution in [3.05, 3.63) is 92.9 Å². The van der Waals surface area contributed by atoms with Gasteiger partial charge in [-0.15, -0.1) is 0 Å². The zero-order valence-electron chi connectivity index (χ0n) is 16.2. The fraction of sp³-hybridized carbons (Fsp3) is 0.227. The molecule has 0 bridgehead atoms. The molecule has 0 spiro atoms. The molecular formula is C22H22N4O2. The van der Waals surface area contributed by atoms with Crippen LogP contribution in [-0.2, 0) is 6.54 Å². The first kappa shape index (κ1) is 18.0. The van der Waals surface area contributed by atoms with Gasteiger partial charge in [-0.3, -0.25) is 9.36 Å². The smallest absolute Gasteiger partial charge is 0.317 e. The first-order chi connectivity index (χ1) is 13.5. The summed E-state index contributed by atoms with van der Waals surface area (Å²) in [5.41, 5.74) is 2.98. The van der Waals surface area contributed by atoms with Crippen LogP contribution in [0.25, 0.3) is 16.9 Å². The van der Waals surface area contributed by atoms with Gasteiger partial charge in [0.2, 0.25) is 0 Å². The summed E-state index contributed by atoms with van der Waals surface area (Å²) >= 11 is 0. The molecule has 0 saturated carbocycles. The molecule has 2 heterocycles. The Morgan fingerprint density at radius 3 is 2.32 bits per heavy atom. The minimum Gasteiger partial charge on any atom is -0.317 e. The molecular weight excluding hydrogens is 352 g/mol. The Morgan fingerprint density at radius 2 is 1.68 bits per heavy atom. The number of benzene rings is 2. The van der Waals surface area contributed by atoms with Gasteiger partial charge in [0.1, 0.15) is 0 Å². The largest absolute Gasteiger partial charge is 0.337 e. The lowest BCUT2D eigenvalue weighted by Crippen LogP contribution is -2.39. The summed E-state index contributed by atoms with van der Waals surface area (Å²) < 4.78 is 4.63. The van der Waals surface area contributed by atoms with Gasteiger partial charge in [-0.2, -0.15) is 0 Å². The van der Waals surface area contributed by atoms with E-state index in [0.29, 0.717) is 23.4 Å². The van der Waals surface area contributed by atoms with Crippen LogP contribution in [0.1, 0.15) is 31.0 Å². The Hall–Kier alpha value is -3.41. The van der Waals surface area contributed by atoms with Crippen molar-refractivity contribution < 1.29 is 0 Å². The SMILES string of the molecule is CCn1c(=O)c2c(ncn2[C@H](C)c2ccccc2)n(-c2ccc(C)cc2)c1=O. The summed E-state index contributed by atoms with van der Waals surface area (Å²) in [6, 6.07) is 17.5. The second kappa shape index (κ2) is 6.96. The van der Waals surface area contributed by atoms with Crippen LogP contribution in [0.4, 0.5) is 0 Å². The molecule has 6 heteroatoms. The quantitative estimate of drug-likeness (QED) is 0.551. The molecule has 2 aromatic heterocycles. The Bertz CT molecular complexity index is 1250. The van der Waals surface area contributed by atoms with Crippen molar-refractivity contribution in [3.63, 3.8) is 0 Å². The molecule has 0 fully saturated rings. The fourth-order valence-corrected chi connectivity index (χ4v) is 3.54. The van der Waals surface area contributed by atoms with E-state index in [2.05, 4.69) is 4.98 Å². The molecule has 0 unspecified atom stereocenters. The molecule has 0 saturated heterocycles. The Kier molecular flexibility index (Phi) is 4.47. The Morgan fingerprint density at radius 1 is 1.00 bits per heavy atom. The van der Waals surface area contributed by atoms with Gasteiger partial charge in [-0.25, -0.2) is 14.3 Å². The van der Waals surface area contributed by atoms with Crippen LogP contribution in [0.2, 0.25) is 0 Å². The molecule has 2 aromatic carbocycles. The average Bonchev–Trinajstić information content (AvgIpc) is 3.15. The monoisotopic (exact) mass is 374 g/mol. The second-order valence-corrected chi connectivity index (χ2v) is 6.91. The molecule has 0 amide bonds. The van der Waals surface area contributed by atoms with Crippen molar-refractivity contribution in [2.24, 2.45) is 0 Å². The van der Waals surface area contributed by atoms with E-state index in [-0.39, 0.29) is 17.3 Å². The van der Waals surface area contributed by atoms with Crippen LogP contribution in [-0.4, -0.2) is 18.7 Å². The number of aromatic nitrogens is 4. The van der Waals surface area contributed by atoms with Crippen LogP contribution in [0.3, 0.4) is 0 Å². The summed E-state index contributed by atoms with van der Waals surface area (Å²) in [7, 11) is 0. The molecule has 6 nitrogen and oxygen atoms in total. The van der Waals surface area contributed by atoms with E-state index in [1.165, 1.54) is 9.13 Å². The van der Waals surface area contributed by atoms with E-state index in [0.717, 1.165) is 11.1 Å². The number of imidazole rings is 1. The van der Waals surface area contributed by atoms with Crippen molar-refractivity contribution in [1.82, 2.24) is 18.7 Å². The maximum Gasteiger partial charge on any atom is 0.337 e. The Labute approximate surface area is 162 Å². The standard InChI is InChI=1S/C22H22N4O2/c1-4-24-21(27)19-20(26(22(24)28)18-12-10-15(2)11-13-18)23-14-25(19)16(3)17-8-6-5-7-9-17/h5-14,16H,4H2,1-3H3/t16-/m1/s1. The summed E-state index contributed by atoms with van der Waals surface area (Å²) in [6.45, 7) is 6.11. The van der Waals surface area contributed by atoms with Crippen molar-refractivity contribution in [2.75, 3.05) is 0 Å². The van der Waals surface area contributed by atoms with Gasteiger partial charge in [0.25, 0.3) is 5.56 Å². The highest BCUT2D eigenvalue weighted by atomic mass is 16.2. The summed E-state index contributed by atoms with van der Waals surface area (Å²) in [5.74, 6) is 0. The predicted octanol–water partition coefficient (Wildman–Crippen LogP) is 3.29. The van der Waals surface area contributed by atoms with E-state index in [1.807, 2.05) is 73.0 Å². The van der Waals surface area contributed by atoms with Crippen molar-refractivity contribution in [1.29, 1.82) is 0 Å². The summed E-state index contributed by atoms with van der Waals surface area (Å²) in [5, 5.41) is 0. The highest BCUT2D eigenvalue weighted by molar-refractivity contribution is 5.72. The second-order valence-electron chi connectivity index (χ2n) is 6.91. The minimum absolute atomic E-state index is 0.0897. The molecule has 0 aliphatic carbocycles. The van der Waals surface area contributed by atoms with Gasteiger partial charge in [-0.1, -0.05) is 48.0 Å². The number of hydrogen-bond acceptors (Lipinski definition) is 3. The molecule has 28 heavy (non-hydrogen) atoms. The van der Waals surface area contributed by atoms with Crippen LogP contribution in [0.5, 0.6) is 0 Å². The van der Waals surface area contributed by atoms with Crippen LogP contribution in [0, 0.1) is 6.92 Å². The van der Waals surface area contributed by atoms with E-state index >= 15 is 0 Å². The van der Waals surface area contributed by atoms with Gasteiger partial charge in [0, 0.05) is 6.54 Å². The highest BCUT2D eigenvalue weighted by Gasteiger charge is 2.21. The van der Waals surface area contributed by atoms with Gasteiger partial charge >= 0.3 is 5.69 Å². The molecule has 0 aliphatic rings. The predicted molar refractivity (Wildman–Crippen MR) is 110 cm³/mol. The molecule has 0 radical (unpaired) electrons. The average molecular weight is 374 g/mol. The van der Waals surface area contributed by atoms with Crippen molar-refractivity contribution in [2.45, 2.75) is 33.4 Å². The van der Waals surface area contributed by atoms with E-state index < -0.39 is 0 Å². The zero-order valence-corrected chi connectivity index (χ0v) is 16.2. The number of fused-ring (bicyclic) bond motifs is 1. The number of aryl methyl sites for hydroxylation is 1. The van der Waals surface area contributed by atoms with E-state index in [1.54, 1.807) is 13.3 Å². The van der Waals surface area contributed by atoms with Crippen molar-refractivity contribution >= 4 is 11.2 Å². The molecule has 0 aliphatic heterocycles. The van der Waals surface area contributed by atoms with E-state index in [9.17, 15) is 9.59 Å². The lowest BCUT2D eigenvalue weighted by molar-refractivity contribution is 0.631. The number of rotatable bonds is 4. The van der Waals surface area contributed by atoms with Crippen molar-refractivity contribution in [3.8, 4) is 5.69 Å². The molecule has 4 aromatic rings. The third kappa shape index (κ3) is 2.78. The van der Waals surface area contributed by atoms with Gasteiger partial charge in [-0.05, 0) is 38.5 Å². The van der Waals surface area contributed by atoms with E-state index in [4.69, 9.17) is 0 Å². The number of nitrogens with zero attached hydrogens (tertiary/aromatic N) is 4. The van der Waals surface area contributed by atoms with Gasteiger partial charge in [0.15, 0.2) is 11.2 Å². The maximum absolute atomic E-state index is 13.1.